The molecule has 1 aliphatic carbocycles. The van der Waals surface area contributed by atoms with E-state index in [0.29, 0.717) is 5.92 Å². The van der Waals surface area contributed by atoms with Crippen LogP contribution in [-0.2, 0) is 10.3 Å². The Morgan fingerprint density at radius 3 is 2.50 bits per heavy atom. The lowest BCUT2D eigenvalue weighted by molar-refractivity contribution is 0.0850. The second-order valence-electron chi connectivity index (χ2n) is 5.13. The third kappa shape index (κ3) is 1.76. The zero-order valence-electron chi connectivity index (χ0n) is 9.61. The first-order valence-corrected chi connectivity index (χ1v) is 6.26. The van der Waals surface area contributed by atoms with E-state index >= 15 is 0 Å². The molecule has 2 aliphatic rings. The smallest absolute Gasteiger partial charge is 0.0471 e. The molecule has 0 atom stereocenters. The molecule has 1 saturated heterocycles. The van der Waals surface area contributed by atoms with Crippen LogP contribution in [0.2, 0.25) is 0 Å². The van der Waals surface area contributed by atoms with Crippen molar-refractivity contribution in [1.82, 2.24) is 0 Å². The molecule has 0 spiro atoms. The van der Waals surface area contributed by atoms with Gasteiger partial charge in [-0.25, -0.2) is 0 Å². The summed E-state index contributed by atoms with van der Waals surface area (Å²) >= 11 is 0. The van der Waals surface area contributed by atoms with Crippen LogP contribution in [0.15, 0.2) is 24.3 Å². The van der Waals surface area contributed by atoms with Crippen LogP contribution in [0.5, 0.6) is 0 Å². The van der Waals surface area contributed by atoms with Crippen molar-refractivity contribution in [3.8, 4) is 0 Å². The van der Waals surface area contributed by atoms with Gasteiger partial charge < -0.3 is 10.5 Å². The van der Waals surface area contributed by atoms with E-state index < -0.39 is 0 Å². The van der Waals surface area contributed by atoms with Crippen molar-refractivity contribution >= 4 is 0 Å². The van der Waals surface area contributed by atoms with Crippen LogP contribution in [-0.4, -0.2) is 13.2 Å². The maximum atomic E-state index is 6.34. The highest BCUT2D eigenvalue weighted by Crippen LogP contribution is 2.46. The number of rotatable bonds is 2. The van der Waals surface area contributed by atoms with Gasteiger partial charge in [-0.1, -0.05) is 24.3 Å². The third-order valence-electron chi connectivity index (χ3n) is 3.95. The van der Waals surface area contributed by atoms with E-state index in [1.54, 1.807) is 0 Å². The highest BCUT2D eigenvalue weighted by molar-refractivity contribution is 5.39. The van der Waals surface area contributed by atoms with E-state index in [4.69, 9.17) is 10.5 Å². The SMILES string of the molecule is NC1(c2ccccc2C2CCOCC2)CC1. The lowest BCUT2D eigenvalue weighted by atomic mass is 9.85. The molecular formula is C14H19NO. The Morgan fingerprint density at radius 1 is 1.12 bits per heavy atom. The van der Waals surface area contributed by atoms with E-state index in [-0.39, 0.29) is 5.54 Å². The highest BCUT2D eigenvalue weighted by atomic mass is 16.5. The van der Waals surface area contributed by atoms with Crippen LogP contribution >= 0.6 is 0 Å². The zero-order valence-corrected chi connectivity index (χ0v) is 9.61. The standard InChI is InChI=1S/C14H19NO/c15-14(7-8-14)13-4-2-1-3-12(13)11-5-9-16-10-6-11/h1-4,11H,5-10,15H2. The Morgan fingerprint density at radius 2 is 1.81 bits per heavy atom. The van der Waals surface area contributed by atoms with Gasteiger partial charge in [0.15, 0.2) is 0 Å². The van der Waals surface area contributed by atoms with Crippen molar-refractivity contribution in [2.24, 2.45) is 5.73 Å². The average molecular weight is 217 g/mol. The van der Waals surface area contributed by atoms with Gasteiger partial charge in [0.05, 0.1) is 0 Å². The summed E-state index contributed by atoms with van der Waals surface area (Å²) in [7, 11) is 0. The van der Waals surface area contributed by atoms with E-state index in [9.17, 15) is 0 Å². The first-order chi connectivity index (χ1) is 7.80. The molecule has 2 N–H and O–H groups in total. The zero-order chi connectivity index (χ0) is 11.0. The van der Waals surface area contributed by atoms with E-state index in [0.717, 1.165) is 38.9 Å². The lowest BCUT2D eigenvalue weighted by Crippen LogP contribution is -2.23. The average Bonchev–Trinajstić information content (AvgIpc) is 3.10. The number of hydrogen-bond acceptors (Lipinski definition) is 2. The first-order valence-electron chi connectivity index (χ1n) is 6.26. The van der Waals surface area contributed by atoms with E-state index in [2.05, 4.69) is 24.3 Å². The van der Waals surface area contributed by atoms with Gasteiger partial charge in [-0.05, 0) is 42.7 Å². The Balaban J connectivity index is 1.93. The summed E-state index contributed by atoms with van der Waals surface area (Å²) in [6, 6.07) is 8.74. The van der Waals surface area contributed by atoms with E-state index in [1.165, 1.54) is 11.1 Å². The molecule has 1 heterocycles. The Labute approximate surface area is 96.8 Å². The molecular weight excluding hydrogens is 198 g/mol. The van der Waals surface area contributed by atoms with Crippen LogP contribution in [0.1, 0.15) is 42.7 Å². The minimum atomic E-state index is -0.00506. The summed E-state index contributed by atoms with van der Waals surface area (Å²) in [5.41, 5.74) is 9.21. The minimum absolute atomic E-state index is 0.00506. The summed E-state index contributed by atoms with van der Waals surface area (Å²) in [6.07, 6.45) is 4.58. The molecule has 86 valence electrons. The van der Waals surface area contributed by atoms with Crippen molar-refractivity contribution in [3.05, 3.63) is 35.4 Å². The summed E-state index contributed by atoms with van der Waals surface area (Å²) in [5, 5.41) is 0. The molecule has 1 saturated carbocycles. The van der Waals surface area contributed by atoms with Gasteiger partial charge in [-0.3, -0.25) is 0 Å². The number of nitrogens with two attached hydrogens (primary N) is 1. The number of benzene rings is 1. The van der Waals surface area contributed by atoms with Gasteiger partial charge in [0.25, 0.3) is 0 Å². The first kappa shape index (κ1) is 10.3. The topological polar surface area (TPSA) is 35.2 Å². The van der Waals surface area contributed by atoms with Gasteiger partial charge in [0, 0.05) is 18.8 Å². The van der Waals surface area contributed by atoms with Crippen molar-refractivity contribution in [3.63, 3.8) is 0 Å². The number of hydrogen-bond donors (Lipinski definition) is 1. The lowest BCUT2D eigenvalue weighted by Gasteiger charge is -2.26. The monoisotopic (exact) mass is 217 g/mol. The Bertz CT molecular complexity index is 378. The van der Waals surface area contributed by atoms with Gasteiger partial charge in [-0.2, -0.15) is 0 Å². The predicted molar refractivity (Wildman–Crippen MR) is 64.3 cm³/mol. The molecule has 1 aliphatic heterocycles. The fourth-order valence-corrected chi connectivity index (χ4v) is 2.72. The summed E-state index contributed by atoms with van der Waals surface area (Å²) in [6.45, 7) is 1.80. The van der Waals surface area contributed by atoms with Crippen LogP contribution in [0, 0.1) is 0 Å². The van der Waals surface area contributed by atoms with Crippen LogP contribution in [0.3, 0.4) is 0 Å². The third-order valence-corrected chi connectivity index (χ3v) is 3.95. The molecule has 2 fully saturated rings. The second kappa shape index (κ2) is 3.86. The molecule has 0 radical (unpaired) electrons. The molecule has 2 nitrogen and oxygen atoms in total. The van der Waals surface area contributed by atoms with Gasteiger partial charge in [-0.15, -0.1) is 0 Å². The molecule has 0 amide bonds. The van der Waals surface area contributed by atoms with Crippen LogP contribution in [0.25, 0.3) is 0 Å². The van der Waals surface area contributed by atoms with Crippen molar-refractivity contribution < 1.29 is 4.74 Å². The molecule has 2 heteroatoms. The molecule has 1 aromatic carbocycles. The summed E-state index contributed by atoms with van der Waals surface area (Å²) < 4.78 is 5.43. The molecule has 3 rings (SSSR count). The van der Waals surface area contributed by atoms with Crippen LogP contribution in [0.4, 0.5) is 0 Å². The van der Waals surface area contributed by atoms with Crippen LogP contribution < -0.4 is 5.73 Å². The normalized spacial score (nSPS) is 24.3. The Hall–Kier alpha value is -0.860. The maximum absolute atomic E-state index is 6.34. The van der Waals surface area contributed by atoms with Gasteiger partial charge in [0.1, 0.15) is 0 Å². The molecule has 0 bridgehead atoms. The second-order valence-corrected chi connectivity index (χ2v) is 5.13. The van der Waals surface area contributed by atoms with Crippen molar-refractivity contribution in [2.45, 2.75) is 37.1 Å². The highest BCUT2D eigenvalue weighted by Gasteiger charge is 2.42. The molecule has 16 heavy (non-hydrogen) atoms. The largest absolute Gasteiger partial charge is 0.381 e. The fourth-order valence-electron chi connectivity index (χ4n) is 2.72. The molecule has 0 unspecified atom stereocenters. The summed E-state index contributed by atoms with van der Waals surface area (Å²) in [4.78, 5) is 0. The van der Waals surface area contributed by atoms with Crippen molar-refractivity contribution in [1.29, 1.82) is 0 Å². The number of ether oxygens (including phenoxy) is 1. The van der Waals surface area contributed by atoms with E-state index in [1.807, 2.05) is 0 Å². The van der Waals surface area contributed by atoms with Gasteiger partial charge in [0.2, 0.25) is 0 Å². The predicted octanol–water partition coefficient (Wildman–Crippen LogP) is 2.53. The molecule has 0 aromatic heterocycles. The van der Waals surface area contributed by atoms with Gasteiger partial charge >= 0.3 is 0 Å². The Kier molecular flexibility index (Phi) is 2.49. The minimum Gasteiger partial charge on any atom is -0.381 e. The molecule has 1 aromatic rings. The quantitative estimate of drug-likeness (QED) is 0.826. The summed E-state index contributed by atoms with van der Waals surface area (Å²) in [5.74, 6) is 0.658. The van der Waals surface area contributed by atoms with Crippen molar-refractivity contribution in [2.75, 3.05) is 13.2 Å². The fraction of sp³-hybridized carbons (Fsp3) is 0.571. The maximum Gasteiger partial charge on any atom is 0.0471 e.